The number of rotatable bonds is 9. The van der Waals surface area contributed by atoms with E-state index in [9.17, 15) is 4.79 Å². The summed E-state index contributed by atoms with van der Waals surface area (Å²) in [6, 6.07) is 31.7. The van der Waals surface area contributed by atoms with Crippen LogP contribution in [0.1, 0.15) is 30.1 Å². The van der Waals surface area contributed by atoms with Crippen molar-refractivity contribution in [2.75, 3.05) is 6.61 Å². The van der Waals surface area contributed by atoms with Crippen LogP contribution in [0.25, 0.3) is 10.8 Å². The minimum Gasteiger partial charge on any atom is -0.494 e. The molecule has 1 aliphatic heterocycles. The fourth-order valence-electron chi connectivity index (χ4n) is 4.14. The smallest absolute Gasteiger partial charge is 0.343 e. The van der Waals surface area contributed by atoms with E-state index in [2.05, 4.69) is 6.07 Å². The lowest BCUT2D eigenvalue weighted by atomic mass is 9.98. The third-order valence-corrected chi connectivity index (χ3v) is 5.90. The zero-order chi connectivity index (χ0) is 22.5. The van der Waals surface area contributed by atoms with Crippen molar-refractivity contribution < 1.29 is 19.0 Å². The van der Waals surface area contributed by atoms with Crippen molar-refractivity contribution in [1.29, 1.82) is 0 Å². The van der Waals surface area contributed by atoms with Gasteiger partial charge in [-0.05, 0) is 54.0 Å². The first-order valence-corrected chi connectivity index (χ1v) is 11.4. The van der Waals surface area contributed by atoms with E-state index < -0.39 is 6.10 Å². The van der Waals surface area contributed by atoms with E-state index in [0.717, 1.165) is 41.3 Å². The summed E-state index contributed by atoms with van der Waals surface area (Å²) in [5.74, 6) is 1.12. The van der Waals surface area contributed by atoms with Gasteiger partial charge in [-0.3, -0.25) is 0 Å². The molecule has 166 valence electrons. The monoisotopic (exact) mass is 438 g/mol. The molecular formula is C29H26O4. The van der Waals surface area contributed by atoms with Crippen LogP contribution in [0.3, 0.4) is 0 Å². The average molecular weight is 439 g/mol. The first-order chi connectivity index (χ1) is 16.3. The highest BCUT2D eigenvalue weighted by molar-refractivity contribution is 5.91. The fourth-order valence-corrected chi connectivity index (χ4v) is 4.14. The van der Waals surface area contributed by atoms with Crippen LogP contribution in [0.5, 0.6) is 11.5 Å². The number of carbonyl (C=O) groups is 1. The van der Waals surface area contributed by atoms with Gasteiger partial charge < -0.3 is 14.2 Å². The summed E-state index contributed by atoms with van der Waals surface area (Å²) < 4.78 is 17.3. The zero-order valence-corrected chi connectivity index (χ0v) is 18.4. The van der Waals surface area contributed by atoms with Crippen LogP contribution in [-0.4, -0.2) is 18.7 Å². The number of fused-ring (bicyclic) bond motifs is 1. The number of benzene rings is 4. The first kappa shape index (κ1) is 21.2. The molecule has 0 bridgehead atoms. The largest absolute Gasteiger partial charge is 0.494 e. The Hall–Kier alpha value is -3.63. The standard InChI is InChI=1S/C29H26O4/c30-29(32-26-19-10-14-21-11-4-6-17-24(21)26)28-27(33-28)25-18-7-5-12-22(25)13-8-9-20-31-23-15-2-1-3-16-23/h1-7,10-12,14-19,27-28H,8-9,13,20H2/t27-,28+/m0/s1. The Morgan fingerprint density at radius 3 is 2.45 bits per heavy atom. The molecule has 1 fully saturated rings. The summed E-state index contributed by atoms with van der Waals surface area (Å²) in [5, 5.41) is 1.96. The van der Waals surface area contributed by atoms with Gasteiger partial charge in [-0.15, -0.1) is 0 Å². The van der Waals surface area contributed by atoms with E-state index in [1.165, 1.54) is 5.56 Å². The number of para-hydroxylation sites is 1. The predicted molar refractivity (Wildman–Crippen MR) is 129 cm³/mol. The Morgan fingerprint density at radius 2 is 1.55 bits per heavy atom. The van der Waals surface area contributed by atoms with Crippen LogP contribution in [0.2, 0.25) is 0 Å². The Kier molecular flexibility index (Phi) is 6.36. The van der Waals surface area contributed by atoms with Crippen molar-refractivity contribution >= 4 is 16.7 Å². The van der Waals surface area contributed by atoms with E-state index in [0.29, 0.717) is 12.4 Å². The number of aryl methyl sites for hydroxylation is 1. The highest BCUT2D eigenvalue weighted by Crippen LogP contribution is 2.42. The van der Waals surface area contributed by atoms with Crippen molar-refractivity contribution in [3.63, 3.8) is 0 Å². The van der Waals surface area contributed by atoms with Gasteiger partial charge in [0.05, 0.1) is 6.61 Å². The number of unbranched alkanes of at least 4 members (excludes halogenated alkanes) is 1. The van der Waals surface area contributed by atoms with Gasteiger partial charge in [0, 0.05) is 5.39 Å². The van der Waals surface area contributed by atoms with Gasteiger partial charge in [0.2, 0.25) is 0 Å². The molecule has 2 atom stereocenters. The van der Waals surface area contributed by atoms with Gasteiger partial charge >= 0.3 is 5.97 Å². The molecule has 0 radical (unpaired) electrons. The maximum absolute atomic E-state index is 12.8. The van der Waals surface area contributed by atoms with Gasteiger partial charge in [-0.1, -0.05) is 78.9 Å². The number of epoxide rings is 1. The molecule has 1 saturated heterocycles. The Labute approximate surface area is 193 Å². The Morgan fingerprint density at radius 1 is 0.788 bits per heavy atom. The second-order valence-corrected chi connectivity index (χ2v) is 8.19. The van der Waals surface area contributed by atoms with Crippen LogP contribution in [-0.2, 0) is 16.0 Å². The molecule has 0 aliphatic carbocycles. The van der Waals surface area contributed by atoms with Crippen LogP contribution in [0, 0.1) is 0 Å². The molecule has 0 aromatic heterocycles. The fraction of sp³-hybridized carbons (Fsp3) is 0.207. The van der Waals surface area contributed by atoms with Crippen LogP contribution in [0.15, 0.2) is 97.1 Å². The third kappa shape index (κ3) is 5.07. The molecule has 1 aliphatic rings. The lowest BCUT2D eigenvalue weighted by Crippen LogP contribution is -2.16. The summed E-state index contributed by atoms with van der Waals surface area (Å²) in [7, 11) is 0. The van der Waals surface area contributed by atoms with E-state index in [-0.39, 0.29) is 12.1 Å². The molecule has 0 amide bonds. The molecule has 4 aromatic rings. The maximum Gasteiger partial charge on any atom is 0.343 e. The quantitative estimate of drug-likeness (QED) is 0.133. The van der Waals surface area contributed by atoms with Crippen LogP contribution in [0.4, 0.5) is 0 Å². The van der Waals surface area contributed by atoms with Crippen molar-refractivity contribution in [2.24, 2.45) is 0 Å². The second-order valence-electron chi connectivity index (χ2n) is 8.19. The highest BCUT2D eigenvalue weighted by atomic mass is 16.6. The summed E-state index contributed by atoms with van der Waals surface area (Å²) in [6.45, 7) is 0.687. The minimum atomic E-state index is -0.563. The summed E-state index contributed by atoms with van der Waals surface area (Å²) in [5.41, 5.74) is 2.28. The Bertz CT molecular complexity index is 1230. The lowest BCUT2D eigenvalue weighted by molar-refractivity contribution is -0.135. The predicted octanol–water partition coefficient (Wildman–Crippen LogP) is 6.29. The zero-order valence-electron chi connectivity index (χ0n) is 18.4. The first-order valence-electron chi connectivity index (χ1n) is 11.4. The molecule has 5 rings (SSSR count). The molecule has 1 heterocycles. The lowest BCUT2D eigenvalue weighted by Gasteiger charge is -2.09. The van der Waals surface area contributed by atoms with Gasteiger partial charge in [0.1, 0.15) is 17.6 Å². The van der Waals surface area contributed by atoms with Crippen molar-refractivity contribution in [3.8, 4) is 11.5 Å². The SMILES string of the molecule is O=C(Oc1cccc2ccccc12)[C@@H]1O[C@H]1c1ccccc1CCCCOc1ccccc1. The molecule has 4 nitrogen and oxygen atoms in total. The molecule has 0 spiro atoms. The molecule has 4 aromatic carbocycles. The number of hydrogen-bond donors (Lipinski definition) is 0. The molecular weight excluding hydrogens is 412 g/mol. The topological polar surface area (TPSA) is 48.1 Å². The van der Waals surface area contributed by atoms with E-state index >= 15 is 0 Å². The molecule has 0 N–H and O–H groups in total. The minimum absolute atomic E-state index is 0.246. The highest BCUT2D eigenvalue weighted by Gasteiger charge is 2.48. The van der Waals surface area contributed by atoms with Gasteiger partial charge in [-0.25, -0.2) is 4.79 Å². The van der Waals surface area contributed by atoms with Gasteiger partial charge in [-0.2, -0.15) is 0 Å². The molecule has 4 heteroatoms. The number of esters is 1. The molecule has 0 saturated carbocycles. The number of hydrogen-bond acceptors (Lipinski definition) is 4. The molecule has 33 heavy (non-hydrogen) atoms. The van der Waals surface area contributed by atoms with E-state index in [4.69, 9.17) is 14.2 Å². The Balaban J connectivity index is 1.17. The maximum atomic E-state index is 12.8. The normalized spacial score (nSPS) is 17.0. The van der Waals surface area contributed by atoms with Crippen molar-refractivity contribution in [1.82, 2.24) is 0 Å². The third-order valence-electron chi connectivity index (χ3n) is 5.90. The molecule has 0 unspecified atom stereocenters. The van der Waals surface area contributed by atoms with Gasteiger partial charge in [0.15, 0.2) is 6.10 Å². The summed E-state index contributed by atoms with van der Waals surface area (Å²) in [4.78, 5) is 12.8. The summed E-state index contributed by atoms with van der Waals surface area (Å²) in [6.07, 6.45) is 2.07. The van der Waals surface area contributed by atoms with E-state index in [1.54, 1.807) is 0 Å². The second kappa shape index (κ2) is 9.88. The van der Waals surface area contributed by atoms with Crippen molar-refractivity contribution in [3.05, 3.63) is 108 Å². The van der Waals surface area contributed by atoms with Crippen molar-refractivity contribution in [2.45, 2.75) is 31.5 Å². The number of carbonyl (C=O) groups excluding carboxylic acids is 1. The summed E-state index contributed by atoms with van der Waals surface area (Å²) >= 11 is 0. The number of ether oxygens (including phenoxy) is 3. The average Bonchev–Trinajstić information content (AvgIpc) is 3.66. The van der Waals surface area contributed by atoms with Crippen LogP contribution < -0.4 is 9.47 Å². The van der Waals surface area contributed by atoms with Gasteiger partial charge in [0.25, 0.3) is 0 Å². The van der Waals surface area contributed by atoms with E-state index in [1.807, 2.05) is 91.0 Å². The van der Waals surface area contributed by atoms with Crippen LogP contribution >= 0.6 is 0 Å².